The minimum atomic E-state index is -3.74. The molecule has 19 heavy (non-hydrogen) atoms. The highest BCUT2D eigenvalue weighted by atomic mass is 32.2. The van der Waals surface area contributed by atoms with Crippen LogP contribution in [-0.4, -0.2) is 31.3 Å². The fourth-order valence-corrected chi connectivity index (χ4v) is 4.76. The van der Waals surface area contributed by atoms with Gasteiger partial charge in [0.2, 0.25) is 10.0 Å². The van der Waals surface area contributed by atoms with Crippen LogP contribution in [0.2, 0.25) is 0 Å². The zero-order chi connectivity index (χ0) is 14.0. The van der Waals surface area contributed by atoms with E-state index in [-0.39, 0.29) is 28.8 Å². The Morgan fingerprint density at radius 2 is 2.00 bits per heavy atom. The SMILES string of the molecule is NS(=O)(=O)c1sccc1[C@@H](CO)C1CCC(O)CC1. The number of hydrogen-bond donors (Lipinski definition) is 3. The fraction of sp³-hybridized carbons (Fsp3) is 0.667. The lowest BCUT2D eigenvalue weighted by Crippen LogP contribution is -2.26. The number of sulfonamides is 1. The van der Waals surface area contributed by atoms with Crippen molar-refractivity contribution in [1.29, 1.82) is 0 Å². The molecule has 1 saturated carbocycles. The quantitative estimate of drug-likeness (QED) is 0.773. The lowest BCUT2D eigenvalue weighted by Gasteiger charge is -2.31. The molecule has 1 atom stereocenters. The highest BCUT2D eigenvalue weighted by Crippen LogP contribution is 2.39. The molecule has 4 N–H and O–H groups in total. The molecule has 1 aromatic heterocycles. The molecule has 0 amide bonds. The molecular formula is C12H19NO4S2. The maximum absolute atomic E-state index is 11.5. The van der Waals surface area contributed by atoms with Gasteiger partial charge in [-0.1, -0.05) is 0 Å². The van der Waals surface area contributed by atoms with Gasteiger partial charge in [0.05, 0.1) is 12.7 Å². The summed E-state index contributed by atoms with van der Waals surface area (Å²) in [6, 6.07) is 1.73. The molecule has 0 saturated heterocycles. The van der Waals surface area contributed by atoms with Gasteiger partial charge in [-0.15, -0.1) is 11.3 Å². The summed E-state index contributed by atoms with van der Waals surface area (Å²) in [7, 11) is -3.74. The smallest absolute Gasteiger partial charge is 0.247 e. The van der Waals surface area contributed by atoms with Gasteiger partial charge in [0.15, 0.2) is 0 Å². The fourth-order valence-electron chi connectivity index (χ4n) is 2.82. The van der Waals surface area contributed by atoms with Crippen LogP contribution in [0.4, 0.5) is 0 Å². The molecule has 1 aliphatic carbocycles. The normalized spacial score (nSPS) is 26.3. The van der Waals surface area contributed by atoms with Crippen molar-refractivity contribution in [3.8, 4) is 0 Å². The van der Waals surface area contributed by atoms with Crippen LogP contribution in [0.1, 0.15) is 37.2 Å². The molecule has 7 heteroatoms. The van der Waals surface area contributed by atoms with Crippen molar-refractivity contribution >= 4 is 21.4 Å². The molecule has 108 valence electrons. The molecule has 1 fully saturated rings. The van der Waals surface area contributed by atoms with E-state index in [1.54, 1.807) is 11.4 Å². The van der Waals surface area contributed by atoms with Gasteiger partial charge in [-0.3, -0.25) is 0 Å². The van der Waals surface area contributed by atoms with E-state index in [2.05, 4.69) is 0 Å². The van der Waals surface area contributed by atoms with E-state index in [0.717, 1.165) is 24.2 Å². The lowest BCUT2D eigenvalue weighted by molar-refractivity contribution is 0.0907. The first-order valence-corrected chi connectivity index (χ1v) is 8.75. The highest BCUT2D eigenvalue weighted by molar-refractivity contribution is 7.91. The van der Waals surface area contributed by atoms with Gasteiger partial charge < -0.3 is 10.2 Å². The summed E-state index contributed by atoms with van der Waals surface area (Å²) in [6.07, 6.45) is 2.74. The zero-order valence-electron chi connectivity index (χ0n) is 10.5. The third kappa shape index (κ3) is 3.35. The Morgan fingerprint density at radius 1 is 1.37 bits per heavy atom. The summed E-state index contributed by atoms with van der Waals surface area (Å²) in [6.45, 7) is -0.0972. The Balaban J connectivity index is 2.25. The maximum atomic E-state index is 11.5. The van der Waals surface area contributed by atoms with Crippen molar-refractivity contribution in [2.24, 2.45) is 11.1 Å². The number of rotatable bonds is 4. The Labute approximate surface area is 117 Å². The average molecular weight is 305 g/mol. The summed E-state index contributed by atoms with van der Waals surface area (Å²) in [5.41, 5.74) is 0.622. The first-order valence-electron chi connectivity index (χ1n) is 6.32. The molecular weight excluding hydrogens is 286 g/mol. The molecule has 1 aliphatic rings. The second-order valence-corrected chi connectivity index (χ2v) is 7.74. The van der Waals surface area contributed by atoms with Crippen LogP contribution < -0.4 is 5.14 Å². The van der Waals surface area contributed by atoms with Crippen molar-refractivity contribution in [2.75, 3.05) is 6.61 Å². The van der Waals surface area contributed by atoms with Gasteiger partial charge in [0, 0.05) is 5.92 Å². The van der Waals surface area contributed by atoms with Gasteiger partial charge >= 0.3 is 0 Å². The van der Waals surface area contributed by atoms with Gasteiger partial charge in [0.1, 0.15) is 4.21 Å². The third-order valence-electron chi connectivity index (χ3n) is 3.82. The molecule has 0 aliphatic heterocycles. The molecule has 0 spiro atoms. The molecule has 0 bridgehead atoms. The molecule has 0 radical (unpaired) electrons. The van der Waals surface area contributed by atoms with Gasteiger partial charge in [-0.2, -0.15) is 0 Å². The summed E-state index contributed by atoms with van der Waals surface area (Å²) >= 11 is 1.09. The van der Waals surface area contributed by atoms with E-state index < -0.39 is 10.0 Å². The second kappa shape index (κ2) is 5.88. The van der Waals surface area contributed by atoms with Gasteiger partial charge in [0.25, 0.3) is 0 Å². The number of thiophene rings is 1. The number of aliphatic hydroxyl groups is 2. The Morgan fingerprint density at radius 3 is 2.53 bits per heavy atom. The Bertz CT molecular complexity index is 518. The van der Waals surface area contributed by atoms with Gasteiger partial charge in [-0.05, 0) is 48.6 Å². The number of hydrogen-bond acceptors (Lipinski definition) is 5. The van der Waals surface area contributed by atoms with Crippen LogP contribution in [0.3, 0.4) is 0 Å². The minimum absolute atomic E-state index is 0.0972. The molecule has 1 aromatic rings. The van der Waals surface area contributed by atoms with Crippen molar-refractivity contribution in [2.45, 2.75) is 41.9 Å². The predicted octanol–water partition coefficient (Wildman–Crippen LogP) is 1.02. The lowest BCUT2D eigenvalue weighted by atomic mass is 9.77. The molecule has 1 heterocycles. The zero-order valence-corrected chi connectivity index (χ0v) is 12.2. The van der Waals surface area contributed by atoms with Crippen molar-refractivity contribution in [3.63, 3.8) is 0 Å². The van der Waals surface area contributed by atoms with E-state index in [9.17, 15) is 18.6 Å². The van der Waals surface area contributed by atoms with Crippen LogP contribution in [0, 0.1) is 5.92 Å². The molecule has 2 rings (SSSR count). The Kier molecular flexibility index (Phi) is 4.62. The summed E-state index contributed by atoms with van der Waals surface area (Å²) in [4.78, 5) is 0. The average Bonchev–Trinajstić information content (AvgIpc) is 2.81. The summed E-state index contributed by atoms with van der Waals surface area (Å²) in [5, 5.41) is 26.0. The van der Waals surface area contributed by atoms with Crippen LogP contribution in [0.5, 0.6) is 0 Å². The Hall–Kier alpha value is -0.470. The van der Waals surface area contributed by atoms with Crippen molar-refractivity contribution in [1.82, 2.24) is 0 Å². The molecule has 0 unspecified atom stereocenters. The summed E-state index contributed by atoms with van der Waals surface area (Å²) in [5.74, 6) is -0.0180. The standard InChI is InChI=1S/C12H19NO4S2/c13-19(16,17)12-10(5-6-18-12)11(7-14)8-1-3-9(15)4-2-8/h5-6,8-9,11,14-15H,1-4,7H2,(H2,13,16,17)/t8?,9?,11-/m0/s1. The first-order chi connectivity index (χ1) is 8.93. The predicted molar refractivity (Wildman–Crippen MR) is 73.5 cm³/mol. The molecule has 0 aromatic carbocycles. The van der Waals surface area contributed by atoms with E-state index in [4.69, 9.17) is 5.14 Å². The monoisotopic (exact) mass is 305 g/mol. The largest absolute Gasteiger partial charge is 0.396 e. The maximum Gasteiger partial charge on any atom is 0.247 e. The topological polar surface area (TPSA) is 101 Å². The second-order valence-electron chi connectivity index (χ2n) is 5.07. The van der Waals surface area contributed by atoms with Crippen LogP contribution in [0.25, 0.3) is 0 Å². The number of aliphatic hydroxyl groups excluding tert-OH is 2. The minimum Gasteiger partial charge on any atom is -0.396 e. The highest BCUT2D eigenvalue weighted by Gasteiger charge is 2.31. The van der Waals surface area contributed by atoms with Gasteiger partial charge in [-0.25, -0.2) is 13.6 Å². The van der Waals surface area contributed by atoms with E-state index in [0.29, 0.717) is 18.4 Å². The van der Waals surface area contributed by atoms with Crippen LogP contribution in [-0.2, 0) is 10.0 Å². The molecule has 5 nitrogen and oxygen atoms in total. The van der Waals surface area contributed by atoms with E-state index in [1.807, 2.05) is 0 Å². The van der Waals surface area contributed by atoms with Crippen molar-refractivity contribution < 1.29 is 18.6 Å². The summed E-state index contributed by atoms with van der Waals surface area (Å²) < 4.78 is 23.2. The van der Waals surface area contributed by atoms with Crippen molar-refractivity contribution in [3.05, 3.63) is 17.0 Å². The first kappa shape index (κ1) is 14.9. The van der Waals surface area contributed by atoms with Crippen LogP contribution >= 0.6 is 11.3 Å². The third-order valence-corrected chi connectivity index (χ3v) is 6.28. The number of primary sulfonamides is 1. The van der Waals surface area contributed by atoms with E-state index >= 15 is 0 Å². The van der Waals surface area contributed by atoms with Crippen LogP contribution in [0.15, 0.2) is 15.7 Å². The number of nitrogens with two attached hydrogens (primary N) is 1. The van der Waals surface area contributed by atoms with E-state index in [1.165, 1.54) is 0 Å².